The predicted molar refractivity (Wildman–Crippen MR) is 95.2 cm³/mol. The first-order valence-corrected chi connectivity index (χ1v) is 7.96. The van der Waals surface area contributed by atoms with Crippen molar-refractivity contribution in [2.75, 3.05) is 0 Å². The molecule has 0 aliphatic heterocycles. The number of fused-ring (bicyclic) bond motifs is 1. The number of pyridine rings is 1. The monoisotopic (exact) mass is 355 g/mol. The van der Waals surface area contributed by atoms with Gasteiger partial charge < -0.3 is 9.72 Å². The zero-order valence-electron chi connectivity index (χ0n) is 13.3. The Morgan fingerprint density at radius 1 is 1.08 bits per heavy atom. The fourth-order valence-corrected chi connectivity index (χ4v) is 2.63. The average Bonchev–Trinajstić information content (AvgIpc) is 2.60. The molecule has 126 valence electrons. The van der Waals surface area contributed by atoms with Crippen LogP contribution in [0.1, 0.15) is 27.6 Å². The van der Waals surface area contributed by atoms with Crippen LogP contribution in [0.5, 0.6) is 0 Å². The Hall–Kier alpha value is -2.92. The summed E-state index contributed by atoms with van der Waals surface area (Å²) in [5.74, 6) is -1.07. The first kappa shape index (κ1) is 16.9. The lowest BCUT2D eigenvalue weighted by atomic mass is 10.1. The molecule has 5 nitrogen and oxygen atoms in total. The number of halogens is 1. The number of carbonyl (C=O) groups is 2. The van der Waals surface area contributed by atoms with E-state index in [4.69, 9.17) is 16.3 Å². The molecule has 25 heavy (non-hydrogen) atoms. The Kier molecular flexibility index (Phi) is 4.67. The van der Waals surface area contributed by atoms with Crippen molar-refractivity contribution in [3.8, 4) is 0 Å². The molecule has 1 aromatic heterocycles. The highest BCUT2D eigenvalue weighted by Gasteiger charge is 2.22. The lowest BCUT2D eigenvalue weighted by Gasteiger charge is -2.13. The Labute approximate surface area is 148 Å². The third-order valence-electron chi connectivity index (χ3n) is 3.75. The Bertz CT molecular complexity index is 1010. The molecule has 0 saturated carbocycles. The van der Waals surface area contributed by atoms with E-state index < -0.39 is 17.6 Å². The topological polar surface area (TPSA) is 76.2 Å². The number of nitrogens with one attached hydrogen (secondary N) is 1. The van der Waals surface area contributed by atoms with Crippen LogP contribution in [-0.4, -0.2) is 22.8 Å². The normalized spacial score (nSPS) is 11.9. The summed E-state index contributed by atoms with van der Waals surface area (Å²) >= 11 is 5.80. The smallest absolute Gasteiger partial charge is 0.339 e. The number of aromatic amines is 1. The van der Waals surface area contributed by atoms with Gasteiger partial charge in [0, 0.05) is 27.6 Å². The van der Waals surface area contributed by atoms with Gasteiger partial charge in [0.1, 0.15) is 0 Å². The molecule has 0 unspecified atom stereocenters. The molecular weight excluding hydrogens is 342 g/mol. The van der Waals surface area contributed by atoms with Gasteiger partial charge in [-0.1, -0.05) is 29.8 Å². The number of carbonyl (C=O) groups excluding carboxylic acids is 2. The molecule has 0 radical (unpaired) electrons. The van der Waals surface area contributed by atoms with E-state index in [0.29, 0.717) is 21.5 Å². The third-order valence-corrected chi connectivity index (χ3v) is 4.00. The van der Waals surface area contributed by atoms with Gasteiger partial charge in [0.2, 0.25) is 11.3 Å². The summed E-state index contributed by atoms with van der Waals surface area (Å²) in [6.45, 7) is 1.49. The summed E-state index contributed by atoms with van der Waals surface area (Å²) in [6.07, 6.45) is -0.994. The quantitative estimate of drug-likeness (QED) is 0.573. The van der Waals surface area contributed by atoms with Gasteiger partial charge in [-0.25, -0.2) is 4.79 Å². The molecule has 0 saturated heterocycles. The Morgan fingerprint density at radius 2 is 1.76 bits per heavy atom. The fourth-order valence-electron chi connectivity index (χ4n) is 2.50. The number of rotatable bonds is 4. The van der Waals surface area contributed by atoms with Gasteiger partial charge in [-0.05, 0) is 37.3 Å². The highest BCUT2D eigenvalue weighted by atomic mass is 35.5. The van der Waals surface area contributed by atoms with E-state index in [1.165, 1.54) is 13.0 Å². The molecule has 2 aromatic carbocycles. The number of para-hydroxylation sites is 1. The van der Waals surface area contributed by atoms with Crippen molar-refractivity contribution in [1.82, 2.24) is 4.98 Å². The molecule has 3 rings (SSSR count). The first-order chi connectivity index (χ1) is 12.0. The zero-order chi connectivity index (χ0) is 18.0. The van der Waals surface area contributed by atoms with E-state index in [0.717, 1.165) is 0 Å². The number of ketones is 1. The fraction of sp³-hybridized carbons (Fsp3) is 0.105. The van der Waals surface area contributed by atoms with E-state index in [-0.39, 0.29) is 11.3 Å². The van der Waals surface area contributed by atoms with E-state index >= 15 is 0 Å². The minimum absolute atomic E-state index is 0.120. The number of ether oxygens (including phenoxy) is 1. The van der Waals surface area contributed by atoms with Gasteiger partial charge in [0.15, 0.2) is 6.10 Å². The summed E-state index contributed by atoms with van der Waals surface area (Å²) in [4.78, 5) is 39.2. The van der Waals surface area contributed by atoms with Crippen LogP contribution < -0.4 is 5.56 Å². The van der Waals surface area contributed by atoms with Crippen LogP contribution >= 0.6 is 11.6 Å². The van der Waals surface area contributed by atoms with Crippen molar-refractivity contribution in [2.24, 2.45) is 0 Å². The van der Waals surface area contributed by atoms with Gasteiger partial charge in [0.05, 0.1) is 5.56 Å². The lowest BCUT2D eigenvalue weighted by Crippen LogP contribution is -2.25. The zero-order valence-corrected chi connectivity index (χ0v) is 14.0. The molecule has 1 heterocycles. The van der Waals surface area contributed by atoms with Gasteiger partial charge in [0.25, 0.3) is 0 Å². The van der Waals surface area contributed by atoms with Gasteiger partial charge in [-0.2, -0.15) is 0 Å². The van der Waals surface area contributed by atoms with Crippen LogP contribution in [0.3, 0.4) is 0 Å². The predicted octanol–water partition coefficient (Wildman–Crippen LogP) is 3.61. The van der Waals surface area contributed by atoms with E-state index in [1.54, 1.807) is 48.5 Å². The summed E-state index contributed by atoms with van der Waals surface area (Å²) in [6, 6.07) is 14.4. The van der Waals surface area contributed by atoms with Crippen LogP contribution in [0.25, 0.3) is 10.9 Å². The van der Waals surface area contributed by atoms with Crippen molar-refractivity contribution in [2.45, 2.75) is 13.0 Å². The standard InChI is InChI=1S/C19H14ClNO4/c1-11(18(23)12-6-8-13(20)9-7-12)25-19(24)15-10-17(22)21-16-5-3-2-4-14(15)16/h2-11H,1H3,(H,21,22)/t11-/m1/s1. The average molecular weight is 356 g/mol. The molecule has 0 fully saturated rings. The van der Waals surface area contributed by atoms with E-state index in [2.05, 4.69) is 4.98 Å². The molecule has 0 aliphatic carbocycles. The number of hydrogen-bond acceptors (Lipinski definition) is 4. The molecule has 0 amide bonds. The van der Waals surface area contributed by atoms with Gasteiger partial charge in [-0.3, -0.25) is 9.59 Å². The van der Waals surface area contributed by atoms with Crippen LogP contribution in [-0.2, 0) is 4.74 Å². The molecule has 1 N–H and O–H groups in total. The molecular formula is C19H14ClNO4. The maximum Gasteiger partial charge on any atom is 0.339 e. The molecule has 1 atom stereocenters. The minimum atomic E-state index is -0.994. The number of Topliss-reactive ketones (excluding diaryl/α,β-unsaturated/α-hetero) is 1. The molecule has 3 aromatic rings. The van der Waals surface area contributed by atoms with Crippen molar-refractivity contribution < 1.29 is 14.3 Å². The maximum atomic E-state index is 12.5. The second-order valence-corrected chi connectivity index (χ2v) is 5.95. The number of hydrogen-bond donors (Lipinski definition) is 1. The Balaban J connectivity index is 1.86. The van der Waals surface area contributed by atoms with E-state index in [1.807, 2.05) is 0 Å². The molecule has 6 heteroatoms. The Morgan fingerprint density at radius 3 is 2.48 bits per heavy atom. The van der Waals surface area contributed by atoms with Gasteiger partial charge in [-0.15, -0.1) is 0 Å². The number of esters is 1. The summed E-state index contributed by atoms with van der Waals surface area (Å²) in [5.41, 5.74) is 0.622. The third kappa shape index (κ3) is 3.61. The summed E-state index contributed by atoms with van der Waals surface area (Å²) in [7, 11) is 0. The second-order valence-electron chi connectivity index (χ2n) is 5.51. The molecule has 0 aliphatic rings. The maximum absolute atomic E-state index is 12.5. The van der Waals surface area contributed by atoms with Crippen LogP contribution in [0, 0.1) is 0 Å². The number of H-pyrrole nitrogens is 1. The summed E-state index contributed by atoms with van der Waals surface area (Å²) < 4.78 is 5.27. The highest BCUT2D eigenvalue weighted by Crippen LogP contribution is 2.17. The van der Waals surface area contributed by atoms with Gasteiger partial charge >= 0.3 is 5.97 Å². The van der Waals surface area contributed by atoms with Crippen molar-refractivity contribution in [3.05, 3.63) is 81.1 Å². The summed E-state index contributed by atoms with van der Waals surface area (Å²) in [5, 5.41) is 1.06. The molecule has 0 bridgehead atoms. The van der Waals surface area contributed by atoms with Crippen molar-refractivity contribution >= 4 is 34.3 Å². The van der Waals surface area contributed by atoms with Crippen LogP contribution in [0.4, 0.5) is 0 Å². The SMILES string of the molecule is C[C@@H](OC(=O)c1cc(=O)[nH]c2ccccc12)C(=O)c1ccc(Cl)cc1. The second kappa shape index (κ2) is 6.91. The van der Waals surface area contributed by atoms with Crippen LogP contribution in [0.2, 0.25) is 5.02 Å². The molecule has 0 spiro atoms. The first-order valence-electron chi connectivity index (χ1n) is 7.58. The largest absolute Gasteiger partial charge is 0.451 e. The van der Waals surface area contributed by atoms with Crippen molar-refractivity contribution in [1.29, 1.82) is 0 Å². The lowest BCUT2D eigenvalue weighted by molar-refractivity contribution is 0.0320. The minimum Gasteiger partial charge on any atom is -0.451 e. The van der Waals surface area contributed by atoms with Crippen molar-refractivity contribution in [3.63, 3.8) is 0 Å². The van der Waals surface area contributed by atoms with Crippen LogP contribution in [0.15, 0.2) is 59.4 Å². The van der Waals surface area contributed by atoms with E-state index in [9.17, 15) is 14.4 Å². The number of benzene rings is 2. The number of aromatic nitrogens is 1. The highest BCUT2D eigenvalue weighted by molar-refractivity contribution is 6.30.